The van der Waals surface area contributed by atoms with Crippen molar-refractivity contribution in [2.45, 2.75) is 26.8 Å². The molecule has 0 aromatic heterocycles. The lowest BCUT2D eigenvalue weighted by Crippen LogP contribution is -2.63. The fourth-order valence-electron chi connectivity index (χ4n) is 2.26. The van der Waals surface area contributed by atoms with Crippen LogP contribution in [0.3, 0.4) is 0 Å². The van der Waals surface area contributed by atoms with Gasteiger partial charge >= 0.3 is 0 Å². The lowest BCUT2D eigenvalue weighted by Gasteiger charge is -2.48. The average molecular weight is 333 g/mol. The molecule has 0 aliphatic heterocycles. The molecule has 2 aromatic carbocycles. The molecule has 0 bridgehead atoms. The fraction of sp³-hybridized carbons (Fsp3) is 0.200. The summed E-state index contributed by atoms with van der Waals surface area (Å²) in [5.41, 5.74) is 7.24. The van der Waals surface area contributed by atoms with E-state index in [4.69, 9.17) is 52.8 Å². The maximum Gasteiger partial charge on any atom is 0.115 e. The fourth-order valence-corrected chi connectivity index (χ4v) is 3.22. The predicted octanol–water partition coefficient (Wildman–Crippen LogP) is 0.161. The van der Waals surface area contributed by atoms with Crippen LogP contribution in [0.25, 0.3) is 0 Å². The molecule has 3 nitrogen and oxygen atoms in total. The van der Waals surface area contributed by atoms with E-state index in [9.17, 15) is 5.11 Å². The zero-order valence-electron chi connectivity index (χ0n) is 13.6. The van der Waals surface area contributed by atoms with E-state index in [1.165, 1.54) is 17.8 Å². The van der Waals surface area contributed by atoms with Crippen molar-refractivity contribution in [3.05, 3.63) is 48.0 Å². The number of phenols is 1. The van der Waals surface area contributed by atoms with Crippen molar-refractivity contribution in [3.63, 3.8) is 0 Å². The van der Waals surface area contributed by atoms with Crippen LogP contribution in [-0.2, 0) is 6.54 Å². The normalized spacial score (nSPS) is 12.4. The summed E-state index contributed by atoms with van der Waals surface area (Å²) in [5, 5.41) is 6.11. The SMILES string of the molecule is [B]C([B])([B])N(Cc1cc(O)ccc1Sc1ccccc1N)C([B])([B])[B]. The number of para-hydroxylation sites is 1. The van der Waals surface area contributed by atoms with Crippen LogP contribution in [0.15, 0.2) is 52.3 Å². The third-order valence-electron chi connectivity index (χ3n) is 3.45. The maximum absolute atomic E-state index is 9.84. The number of nitrogen functional groups attached to an aromatic ring is 1. The van der Waals surface area contributed by atoms with Gasteiger partial charge in [-0.15, -0.1) is 0 Å². The van der Waals surface area contributed by atoms with E-state index in [0.29, 0.717) is 11.3 Å². The van der Waals surface area contributed by atoms with Crippen molar-refractivity contribution in [2.75, 3.05) is 5.73 Å². The van der Waals surface area contributed by atoms with Gasteiger partial charge < -0.3 is 15.7 Å². The van der Waals surface area contributed by atoms with Crippen molar-refractivity contribution in [3.8, 4) is 5.75 Å². The molecule has 3 N–H and O–H groups in total. The van der Waals surface area contributed by atoms with E-state index in [2.05, 4.69) is 0 Å². The molecule has 10 heteroatoms. The number of nitrogens with two attached hydrogens (primary N) is 1. The second-order valence-corrected chi connectivity index (χ2v) is 6.88. The van der Waals surface area contributed by atoms with Crippen molar-refractivity contribution >= 4 is 64.5 Å². The zero-order valence-corrected chi connectivity index (χ0v) is 14.4. The van der Waals surface area contributed by atoms with Gasteiger partial charge in [-0.2, -0.15) is 0 Å². The minimum atomic E-state index is -1.86. The van der Waals surface area contributed by atoms with Gasteiger partial charge in [0.25, 0.3) is 0 Å². The number of anilines is 1. The van der Waals surface area contributed by atoms with Crippen molar-refractivity contribution < 1.29 is 5.11 Å². The van der Waals surface area contributed by atoms with Gasteiger partial charge in [0.05, 0.1) is 47.1 Å². The van der Waals surface area contributed by atoms with Gasteiger partial charge in [0.15, 0.2) is 0 Å². The first kappa shape index (κ1) is 20.1. The van der Waals surface area contributed by atoms with Crippen LogP contribution in [0, 0.1) is 0 Å². The average Bonchev–Trinajstić information content (AvgIpc) is 2.47. The summed E-state index contributed by atoms with van der Waals surface area (Å²) < 4.78 is 0. The van der Waals surface area contributed by atoms with Crippen LogP contribution in [0.2, 0.25) is 0 Å². The molecule has 0 spiro atoms. The smallest absolute Gasteiger partial charge is 0.115 e. The van der Waals surface area contributed by atoms with Gasteiger partial charge in [-0.1, -0.05) is 34.4 Å². The lowest BCUT2D eigenvalue weighted by atomic mass is 9.40. The topological polar surface area (TPSA) is 49.5 Å². The van der Waals surface area contributed by atoms with Gasteiger partial charge in [-0.3, -0.25) is 0 Å². The Balaban J connectivity index is 2.40. The standard InChI is InChI=1S/C15H12B6N2OS/c16-14(17,18)23(15(19,20)21)8-9-7-10(24)5-6-12(9)25-13-4-2-1-3-11(13)22/h1-7,24H,8,22H2. The van der Waals surface area contributed by atoms with E-state index in [1.807, 2.05) is 18.2 Å². The lowest BCUT2D eigenvalue weighted by molar-refractivity contribution is 0.261. The van der Waals surface area contributed by atoms with Crippen LogP contribution in [-0.4, -0.2) is 67.6 Å². The molecule has 0 aliphatic carbocycles. The summed E-state index contributed by atoms with van der Waals surface area (Å²) >= 11 is 1.41. The Hall–Kier alpha value is -1.26. The molecule has 2 rings (SSSR count). The number of benzene rings is 2. The molecule has 0 amide bonds. The van der Waals surface area contributed by atoms with E-state index < -0.39 is 10.5 Å². The molecule has 0 unspecified atom stereocenters. The van der Waals surface area contributed by atoms with Gasteiger partial charge in [0, 0.05) is 22.0 Å². The summed E-state index contributed by atoms with van der Waals surface area (Å²) in [6, 6.07) is 12.2. The highest BCUT2D eigenvalue weighted by molar-refractivity contribution is 7.99. The highest BCUT2D eigenvalue weighted by Gasteiger charge is 2.29. The first-order valence-electron chi connectivity index (χ1n) is 7.33. The first-order chi connectivity index (χ1) is 11.5. The number of phenolic OH excluding ortho intramolecular Hbond substituents is 1. The van der Waals surface area contributed by atoms with Crippen LogP contribution in [0.4, 0.5) is 5.69 Å². The van der Waals surface area contributed by atoms with E-state index in [0.717, 1.165) is 14.7 Å². The Labute approximate surface area is 161 Å². The predicted molar refractivity (Wildman–Crippen MR) is 109 cm³/mol. The molecule has 0 fully saturated rings. The highest BCUT2D eigenvalue weighted by atomic mass is 32.2. The van der Waals surface area contributed by atoms with E-state index in [-0.39, 0.29) is 12.3 Å². The van der Waals surface area contributed by atoms with Crippen LogP contribution >= 0.6 is 11.8 Å². The van der Waals surface area contributed by atoms with Gasteiger partial charge in [0.2, 0.25) is 0 Å². The molecule has 0 heterocycles. The Morgan fingerprint density at radius 3 is 2.08 bits per heavy atom. The molecule has 0 aliphatic rings. The molecular formula is C15H12B6N2OS. The molecular weight excluding hydrogens is 321 g/mol. The second kappa shape index (κ2) is 7.55. The van der Waals surface area contributed by atoms with E-state index in [1.54, 1.807) is 18.2 Å². The number of aromatic hydroxyl groups is 1. The summed E-state index contributed by atoms with van der Waals surface area (Å²) in [7, 11) is 34.4. The first-order valence-corrected chi connectivity index (χ1v) is 8.15. The van der Waals surface area contributed by atoms with Crippen molar-refractivity contribution in [1.29, 1.82) is 0 Å². The maximum atomic E-state index is 9.84. The summed E-state index contributed by atoms with van der Waals surface area (Å²) in [5.74, 6) is 0.0497. The van der Waals surface area contributed by atoms with Crippen LogP contribution in [0.1, 0.15) is 5.56 Å². The minimum Gasteiger partial charge on any atom is -0.508 e. The Bertz CT molecular complexity index is 734. The van der Waals surface area contributed by atoms with Crippen molar-refractivity contribution in [2.24, 2.45) is 0 Å². The minimum absolute atomic E-state index is 0.0104. The largest absolute Gasteiger partial charge is 0.508 e. The Morgan fingerprint density at radius 1 is 0.920 bits per heavy atom. The van der Waals surface area contributed by atoms with Crippen molar-refractivity contribution in [1.82, 2.24) is 4.90 Å². The molecule has 0 saturated heterocycles. The summed E-state index contributed by atoms with van der Waals surface area (Å²) in [6.45, 7) is 0.0104. The third-order valence-corrected chi connectivity index (χ3v) is 4.66. The Morgan fingerprint density at radius 2 is 1.52 bits per heavy atom. The van der Waals surface area contributed by atoms with Gasteiger partial charge in [0.1, 0.15) is 5.75 Å². The molecule has 0 atom stereocenters. The molecule has 0 saturated carbocycles. The summed E-state index contributed by atoms with van der Waals surface area (Å²) in [4.78, 5) is 2.75. The van der Waals surface area contributed by atoms with E-state index >= 15 is 0 Å². The number of hydrogen-bond donors (Lipinski definition) is 2. The number of nitrogens with zero attached hydrogens (tertiary/aromatic N) is 1. The zero-order chi connectivity index (χ0) is 18.8. The molecule has 112 valence electrons. The Kier molecular flexibility index (Phi) is 6.05. The monoisotopic (exact) mass is 334 g/mol. The molecule has 12 radical (unpaired) electrons. The quantitative estimate of drug-likeness (QED) is 0.584. The summed E-state index contributed by atoms with van der Waals surface area (Å²) in [6.07, 6.45) is 0. The molecule has 2 aromatic rings. The van der Waals surface area contributed by atoms with Crippen LogP contribution < -0.4 is 5.73 Å². The second-order valence-electron chi connectivity index (χ2n) is 5.79. The molecule has 25 heavy (non-hydrogen) atoms. The number of hydrogen-bond acceptors (Lipinski definition) is 4. The third kappa shape index (κ3) is 5.35. The van der Waals surface area contributed by atoms with Gasteiger partial charge in [-0.25, -0.2) is 0 Å². The van der Waals surface area contributed by atoms with Gasteiger partial charge in [-0.05, 0) is 35.9 Å². The number of rotatable bonds is 6. The van der Waals surface area contributed by atoms with Crippen LogP contribution in [0.5, 0.6) is 5.75 Å². The highest BCUT2D eigenvalue weighted by Crippen LogP contribution is 2.36.